The molecule has 0 aliphatic carbocycles. The molecular formula is C24H32N2O2. The van der Waals surface area contributed by atoms with E-state index in [-0.39, 0.29) is 11.8 Å². The quantitative estimate of drug-likeness (QED) is 0.664. The van der Waals surface area contributed by atoms with E-state index in [4.69, 9.17) is 0 Å². The summed E-state index contributed by atoms with van der Waals surface area (Å²) in [6.45, 7) is 9.01. The van der Waals surface area contributed by atoms with E-state index in [0.29, 0.717) is 19.5 Å². The molecule has 28 heavy (non-hydrogen) atoms. The van der Waals surface area contributed by atoms with Gasteiger partial charge in [0.25, 0.3) is 0 Å². The number of aryl methyl sites for hydroxylation is 2. The molecule has 4 nitrogen and oxygen atoms in total. The largest absolute Gasteiger partial charge is 0.354 e. The Morgan fingerprint density at radius 1 is 1.04 bits per heavy atom. The number of carbonyl (C=O) groups excluding carboxylic acids is 2. The van der Waals surface area contributed by atoms with Gasteiger partial charge in [-0.05, 0) is 43.9 Å². The van der Waals surface area contributed by atoms with E-state index < -0.39 is 6.04 Å². The van der Waals surface area contributed by atoms with Crippen molar-refractivity contribution < 1.29 is 9.59 Å². The van der Waals surface area contributed by atoms with Crippen molar-refractivity contribution in [3.05, 3.63) is 70.8 Å². The molecule has 0 saturated heterocycles. The maximum Gasteiger partial charge on any atom is 0.242 e. The molecule has 0 unspecified atom stereocenters. The lowest BCUT2D eigenvalue weighted by atomic mass is 10.0. The van der Waals surface area contributed by atoms with E-state index in [2.05, 4.69) is 12.2 Å². The normalized spacial score (nSPS) is 11.7. The van der Waals surface area contributed by atoms with Crippen molar-refractivity contribution in [1.82, 2.24) is 10.2 Å². The first-order valence-electron chi connectivity index (χ1n) is 10.1. The van der Waals surface area contributed by atoms with Gasteiger partial charge in [-0.2, -0.15) is 0 Å². The number of nitrogens with zero attached hydrogens (tertiary/aromatic N) is 1. The summed E-state index contributed by atoms with van der Waals surface area (Å²) in [7, 11) is 0. The van der Waals surface area contributed by atoms with Gasteiger partial charge < -0.3 is 10.2 Å². The number of hydrogen-bond acceptors (Lipinski definition) is 2. The van der Waals surface area contributed by atoms with Crippen LogP contribution in [0.4, 0.5) is 0 Å². The highest BCUT2D eigenvalue weighted by Gasteiger charge is 2.26. The Morgan fingerprint density at radius 3 is 2.36 bits per heavy atom. The first-order valence-corrected chi connectivity index (χ1v) is 10.1. The molecule has 0 aliphatic heterocycles. The van der Waals surface area contributed by atoms with E-state index >= 15 is 0 Å². The molecule has 0 aromatic heterocycles. The third-order valence-electron chi connectivity index (χ3n) is 5.07. The van der Waals surface area contributed by atoms with E-state index in [1.807, 2.05) is 69.3 Å². The van der Waals surface area contributed by atoms with Crippen LogP contribution < -0.4 is 5.32 Å². The van der Waals surface area contributed by atoms with Crippen LogP contribution in [0, 0.1) is 13.8 Å². The maximum atomic E-state index is 13.2. The van der Waals surface area contributed by atoms with E-state index in [1.54, 1.807) is 4.90 Å². The molecule has 0 radical (unpaired) electrons. The molecule has 1 atom stereocenters. The molecule has 150 valence electrons. The minimum atomic E-state index is -0.519. The second-order valence-corrected chi connectivity index (χ2v) is 7.43. The van der Waals surface area contributed by atoms with Crippen LogP contribution in [-0.2, 0) is 22.6 Å². The SMILES string of the molecule is CCCCNC(=O)[C@@H](C)N(Cc1ccc(C)cc1)C(=O)Cc1ccccc1C. The van der Waals surface area contributed by atoms with E-state index in [9.17, 15) is 9.59 Å². The summed E-state index contributed by atoms with van der Waals surface area (Å²) >= 11 is 0. The molecule has 0 saturated carbocycles. The van der Waals surface area contributed by atoms with Gasteiger partial charge in [-0.3, -0.25) is 9.59 Å². The third kappa shape index (κ3) is 6.22. The lowest BCUT2D eigenvalue weighted by Gasteiger charge is -2.29. The van der Waals surface area contributed by atoms with Crippen LogP contribution in [0.5, 0.6) is 0 Å². The summed E-state index contributed by atoms with van der Waals surface area (Å²) < 4.78 is 0. The minimum Gasteiger partial charge on any atom is -0.354 e. The Hall–Kier alpha value is -2.62. The topological polar surface area (TPSA) is 49.4 Å². The Balaban J connectivity index is 2.18. The fourth-order valence-corrected chi connectivity index (χ4v) is 3.08. The highest BCUT2D eigenvalue weighted by molar-refractivity contribution is 5.88. The van der Waals surface area contributed by atoms with Crippen LogP contribution in [0.2, 0.25) is 0 Å². The highest BCUT2D eigenvalue weighted by Crippen LogP contribution is 2.15. The van der Waals surface area contributed by atoms with Gasteiger partial charge in [0.05, 0.1) is 6.42 Å². The third-order valence-corrected chi connectivity index (χ3v) is 5.07. The molecule has 0 spiro atoms. The Kier molecular flexibility index (Phi) is 8.24. The van der Waals surface area contributed by atoms with Crippen molar-refractivity contribution in [1.29, 1.82) is 0 Å². The average Bonchev–Trinajstić information content (AvgIpc) is 2.68. The lowest BCUT2D eigenvalue weighted by Crippen LogP contribution is -2.48. The van der Waals surface area contributed by atoms with Crippen molar-refractivity contribution in [2.75, 3.05) is 6.54 Å². The van der Waals surface area contributed by atoms with Crippen LogP contribution in [0.25, 0.3) is 0 Å². The number of unbranched alkanes of at least 4 members (excludes halogenated alkanes) is 1. The van der Waals surface area contributed by atoms with Crippen molar-refractivity contribution in [3.8, 4) is 0 Å². The van der Waals surface area contributed by atoms with Crippen LogP contribution in [0.3, 0.4) is 0 Å². The van der Waals surface area contributed by atoms with Crippen LogP contribution >= 0.6 is 0 Å². The van der Waals surface area contributed by atoms with Gasteiger partial charge in [0.2, 0.25) is 11.8 Å². The first kappa shape index (κ1) is 21.7. The molecule has 0 heterocycles. The zero-order valence-corrected chi connectivity index (χ0v) is 17.5. The van der Waals surface area contributed by atoms with Crippen molar-refractivity contribution in [2.45, 2.75) is 59.5 Å². The monoisotopic (exact) mass is 380 g/mol. The van der Waals surface area contributed by atoms with E-state index in [0.717, 1.165) is 29.5 Å². The average molecular weight is 381 g/mol. The Morgan fingerprint density at radius 2 is 1.71 bits per heavy atom. The van der Waals surface area contributed by atoms with Gasteiger partial charge in [0.15, 0.2) is 0 Å². The highest BCUT2D eigenvalue weighted by atomic mass is 16.2. The Bertz CT molecular complexity index is 783. The fourth-order valence-electron chi connectivity index (χ4n) is 3.08. The number of nitrogens with one attached hydrogen (secondary N) is 1. The van der Waals surface area contributed by atoms with Gasteiger partial charge in [-0.1, -0.05) is 67.4 Å². The number of carbonyl (C=O) groups is 2. The molecule has 0 bridgehead atoms. The predicted molar refractivity (Wildman–Crippen MR) is 114 cm³/mol. The number of hydrogen-bond donors (Lipinski definition) is 1. The zero-order valence-electron chi connectivity index (χ0n) is 17.5. The zero-order chi connectivity index (χ0) is 20.5. The summed E-state index contributed by atoms with van der Waals surface area (Å²) in [6, 6.07) is 15.5. The number of benzene rings is 2. The lowest BCUT2D eigenvalue weighted by molar-refractivity contribution is -0.140. The molecule has 4 heteroatoms. The van der Waals surface area contributed by atoms with Crippen molar-refractivity contribution in [2.24, 2.45) is 0 Å². The van der Waals surface area contributed by atoms with E-state index in [1.165, 1.54) is 5.56 Å². The molecule has 2 rings (SSSR count). The van der Waals surface area contributed by atoms with Gasteiger partial charge >= 0.3 is 0 Å². The van der Waals surface area contributed by atoms with Gasteiger partial charge in [-0.25, -0.2) is 0 Å². The summed E-state index contributed by atoms with van der Waals surface area (Å²) in [5.74, 6) is -0.133. The number of amides is 2. The second-order valence-electron chi connectivity index (χ2n) is 7.43. The van der Waals surface area contributed by atoms with Crippen molar-refractivity contribution in [3.63, 3.8) is 0 Å². The summed E-state index contributed by atoms with van der Waals surface area (Å²) in [6.07, 6.45) is 2.26. The van der Waals surface area contributed by atoms with Crippen LogP contribution in [0.15, 0.2) is 48.5 Å². The van der Waals surface area contributed by atoms with Crippen LogP contribution in [-0.4, -0.2) is 29.3 Å². The Labute approximate surface area is 169 Å². The standard InChI is InChI=1S/C24H32N2O2/c1-5-6-15-25-24(28)20(4)26(17-21-13-11-18(2)12-14-21)23(27)16-22-10-8-7-9-19(22)3/h7-14,20H,5-6,15-17H2,1-4H3,(H,25,28)/t20-/m1/s1. The number of rotatable bonds is 9. The molecule has 1 N–H and O–H groups in total. The fraction of sp³-hybridized carbons (Fsp3) is 0.417. The summed E-state index contributed by atoms with van der Waals surface area (Å²) in [4.78, 5) is 27.5. The molecule has 0 aliphatic rings. The minimum absolute atomic E-state index is 0.0342. The molecule has 2 aromatic carbocycles. The summed E-state index contributed by atoms with van der Waals surface area (Å²) in [5.41, 5.74) is 4.29. The summed E-state index contributed by atoms with van der Waals surface area (Å²) in [5, 5.41) is 2.96. The molecule has 2 amide bonds. The van der Waals surface area contributed by atoms with Gasteiger partial charge in [0, 0.05) is 13.1 Å². The van der Waals surface area contributed by atoms with Crippen molar-refractivity contribution >= 4 is 11.8 Å². The molecular weight excluding hydrogens is 348 g/mol. The first-order chi connectivity index (χ1) is 13.4. The predicted octanol–water partition coefficient (Wildman–Crippen LogP) is 4.18. The smallest absolute Gasteiger partial charge is 0.242 e. The molecule has 2 aromatic rings. The van der Waals surface area contributed by atoms with Gasteiger partial charge in [-0.15, -0.1) is 0 Å². The second kappa shape index (κ2) is 10.6. The maximum absolute atomic E-state index is 13.2. The van der Waals surface area contributed by atoms with Crippen LogP contribution in [0.1, 0.15) is 48.9 Å². The molecule has 0 fully saturated rings. The van der Waals surface area contributed by atoms with Gasteiger partial charge in [0.1, 0.15) is 6.04 Å².